The maximum atomic E-state index is 10.9. The van der Waals surface area contributed by atoms with Crippen molar-refractivity contribution in [3.8, 4) is 0 Å². The lowest BCUT2D eigenvalue weighted by molar-refractivity contribution is 0.0695. The van der Waals surface area contributed by atoms with E-state index in [4.69, 9.17) is 9.52 Å². The van der Waals surface area contributed by atoms with Gasteiger partial charge >= 0.3 is 5.97 Å². The molecule has 1 heterocycles. The Labute approximate surface area is 106 Å². The summed E-state index contributed by atoms with van der Waals surface area (Å²) in [6, 6.07) is 1.55. The van der Waals surface area contributed by atoms with Crippen LogP contribution in [0, 0.1) is 6.92 Å². The van der Waals surface area contributed by atoms with Gasteiger partial charge in [0, 0.05) is 5.54 Å². The minimum Gasteiger partial charge on any atom is -0.478 e. The monoisotopic (exact) mass is 253 g/mol. The summed E-state index contributed by atoms with van der Waals surface area (Å²) in [4.78, 5) is 10.9. The molecule has 1 aliphatic rings. The number of aliphatic hydroxyl groups excluding tert-OH is 1. The van der Waals surface area contributed by atoms with Crippen molar-refractivity contribution in [3.63, 3.8) is 0 Å². The second-order valence-corrected chi connectivity index (χ2v) is 4.99. The second kappa shape index (κ2) is 5.12. The van der Waals surface area contributed by atoms with Gasteiger partial charge in [-0.25, -0.2) is 4.79 Å². The third-order valence-electron chi connectivity index (χ3n) is 3.70. The lowest BCUT2D eigenvalue weighted by Crippen LogP contribution is -2.45. The van der Waals surface area contributed by atoms with Crippen LogP contribution in [-0.2, 0) is 6.54 Å². The highest BCUT2D eigenvalue weighted by Gasteiger charge is 2.32. The smallest absolute Gasteiger partial charge is 0.339 e. The first kappa shape index (κ1) is 13.1. The summed E-state index contributed by atoms with van der Waals surface area (Å²) < 4.78 is 5.40. The van der Waals surface area contributed by atoms with Crippen LogP contribution < -0.4 is 5.32 Å². The van der Waals surface area contributed by atoms with Crippen LogP contribution in [0.25, 0.3) is 0 Å². The van der Waals surface area contributed by atoms with Crippen molar-refractivity contribution in [2.75, 3.05) is 6.61 Å². The number of carbonyl (C=O) groups is 1. The van der Waals surface area contributed by atoms with E-state index in [1.54, 1.807) is 13.0 Å². The van der Waals surface area contributed by atoms with Gasteiger partial charge in [0.25, 0.3) is 0 Å². The molecule has 5 heteroatoms. The molecule has 18 heavy (non-hydrogen) atoms. The van der Waals surface area contributed by atoms with Gasteiger partial charge in [-0.1, -0.05) is 12.8 Å². The average Bonchev–Trinajstić information content (AvgIpc) is 2.94. The van der Waals surface area contributed by atoms with Crippen LogP contribution in [0.3, 0.4) is 0 Å². The van der Waals surface area contributed by atoms with Crippen LogP contribution in [0.4, 0.5) is 0 Å². The third-order valence-corrected chi connectivity index (χ3v) is 3.70. The number of nitrogens with one attached hydrogen (secondary N) is 1. The number of rotatable bonds is 5. The summed E-state index contributed by atoms with van der Waals surface area (Å²) >= 11 is 0. The molecule has 0 saturated heterocycles. The molecule has 0 aliphatic heterocycles. The number of aromatic carboxylic acids is 1. The predicted molar refractivity (Wildman–Crippen MR) is 65.5 cm³/mol. The summed E-state index contributed by atoms with van der Waals surface area (Å²) in [5.41, 5.74) is -0.0133. The van der Waals surface area contributed by atoms with Crippen molar-refractivity contribution in [1.29, 1.82) is 0 Å². The number of carboxylic acids is 1. The first-order valence-electron chi connectivity index (χ1n) is 6.25. The Morgan fingerprint density at radius 3 is 2.67 bits per heavy atom. The van der Waals surface area contributed by atoms with Crippen molar-refractivity contribution < 1.29 is 19.4 Å². The summed E-state index contributed by atoms with van der Waals surface area (Å²) in [6.07, 6.45) is 4.14. The van der Waals surface area contributed by atoms with Crippen LogP contribution in [0.15, 0.2) is 10.5 Å². The van der Waals surface area contributed by atoms with Gasteiger partial charge in [-0.2, -0.15) is 0 Å². The number of furan rings is 1. The molecule has 0 amide bonds. The Balaban J connectivity index is 2.01. The number of hydrogen-bond donors (Lipinski definition) is 3. The number of aliphatic hydroxyl groups is 1. The van der Waals surface area contributed by atoms with E-state index in [0.29, 0.717) is 18.1 Å². The molecule has 0 atom stereocenters. The zero-order valence-corrected chi connectivity index (χ0v) is 10.5. The van der Waals surface area contributed by atoms with Gasteiger partial charge in [0.15, 0.2) is 0 Å². The molecule has 1 aliphatic carbocycles. The fourth-order valence-corrected chi connectivity index (χ4v) is 2.56. The molecule has 2 rings (SSSR count). The molecule has 0 unspecified atom stereocenters. The molecule has 1 fully saturated rings. The van der Waals surface area contributed by atoms with E-state index in [1.165, 1.54) is 0 Å². The highest BCUT2D eigenvalue weighted by Crippen LogP contribution is 2.29. The lowest BCUT2D eigenvalue weighted by Gasteiger charge is -2.27. The summed E-state index contributed by atoms with van der Waals surface area (Å²) in [7, 11) is 0. The number of hydrogen-bond acceptors (Lipinski definition) is 4. The highest BCUT2D eigenvalue weighted by atomic mass is 16.4. The molecule has 100 valence electrons. The molecule has 5 nitrogen and oxygen atoms in total. The van der Waals surface area contributed by atoms with Gasteiger partial charge in [0.05, 0.1) is 13.2 Å². The van der Waals surface area contributed by atoms with Crippen molar-refractivity contribution >= 4 is 5.97 Å². The van der Waals surface area contributed by atoms with Crippen LogP contribution in [0.1, 0.15) is 47.6 Å². The first-order valence-corrected chi connectivity index (χ1v) is 6.25. The normalized spacial score (nSPS) is 18.1. The van der Waals surface area contributed by atoms with Crippen LogP contribution in [-0.4, -0.2) is 28.3 Å². The Morgan fingerprint density at radius 1 is 1.50 bits per heavy atom. The second-order valence-electron chi connectivity index (χ2n) is 4.99. The van der Waals surface area contributed by atoms with Gasteiger partial charge in [0.1, 0.15) is 17.1 Å². The topological polar surface area (TPSA) is 82.7 Å². The van der Waals surface area contributed by atoms with E-state index >= 15 is 0 Å². The van der Waals surface area contributed by atoms with E-state index in [-0.39, 0.29) is 17.7 Å². The summed E-state index contributed by atoms with van der Waals surface area (Å²) in [5.74, 6) is 0.0497. The molecule has 0 radical (unpaired) electrons. The minimum absolute atomic E-state index is 0.110. The first-order chi connectivity index (χ1) is 8.56. The van der Waals surface area contributed by atoms with Gasteiger partial charge in [-0.3, -0.25) is 0 Å². The highest BCUT2D eigenvalue weighted by molar-refractivity contribution is 5.88. The Bertz CT molecular complexity index is 432. The van der Waals surface area contributed by atoms with Gasteiger partial charge in [-0.05, 0) is 25.8 Å². The van der Waals surface area contributed by atoms with E-state index in [1.807, 2.05) is 0 Å². The van der Waals surface area contributed by atoms with Crippen molar-refractivity contribution in [2.24, 2.45) is 0 Å². The number of aryl methyl sites for hydroxylation is 1. The fraction of sp³-hybridized carbons (Fsp3) is 0.615. The fourth-order valence-electron chi connectivity index (χ4n) is 2.56. The van der Waals surface area contributed by atoms with Crippen molar-refractivity contribution in [3.05, 3.63) is 23.2 Å². The molecule has 0 spiro atoms. The SMILES string of the molecule is Cc1oc(CNC2(CO)CCCC2)cc1C(=O)O. The standard InChI is InChI=1S/C13H19NO4/c1-9-11(12(16)17)6-10(18-9)7-14-13(8-15)4-2-3-5-13/h6,14-15H,2-5,7-8H2,1H3,(H,16,17). The van der Waals surface area contributed by atoms with E-state index in [9.17, 15) is 9.90 Å². The Morgan fingerprint density at radius 2 is 2.17 bits per heavy atom. The molecule has 3 N–H and O–H groups in total. The van der Waals surface area contributed by atoms with E-state index < -0.39 is 5.97 Å². The zero-order valence-electron chi connectivity index (χ0n) is 10.5. The molecular weight excluding hydrogens is 234 g/mol. The molecule has 1 saturated carbocycles. The maximum Gasteiger partial charge on any atom is 0.339 e. The van der Waals surface area contributed by atoms with Crippen molar-refractivity contribution in [2.45, 2.75) is 44.7 Å². The largest absolute Gasteiger partial charge is 0.478 e. The average molecular weight is 253 g/mol. The van der Waals surface area contributed by atoms with E-state index in [0.717, 1.165) is 25.7 Å². The minimum atomic E-state index is -0.972. The van der Waals surface area contributed by atoms with Crippen LogP contribution >= 0.6 is 0 Å². The van der Waals surface area contributed by atoms with Crippen LogP contribution in [0.5, 0.6) is 0 Å². The van der Waals surface area contributed by atoms with E-state index in [2.05, 4.69) is 5.32 Å². The van der Waals surface area contributed by atoms with Gasteiger partial charge in [0.2, 0.25) is 0 Å². The predicted octanol–water partition coefficient (Wildman–Crippen LogP) is 1.68. The van der Waals surface area contributed by atoms with Crippen molar-refractivity contribution in [1.82, 2.24) is 5.32 Å². The maximum absolute atomic E-state index is 10.9. The molecular formula is C13H19NO4. The Kier molecular flexibility index (Phi) is 3.73. The molecule has 0 bridgehead atoms. The summed E-state index contributed by atoms with van der Waals surface area (Å²) in [5, 5.41) is 21.7. The quantitative estimate of drug-likeness (QED) is 0.743. The summed E-state index contributed by atoms with van der Waals surface area (Å²) in [6.45, 7) is 2.21. The Hall–Kier alpha value is -1.33. The zero-order chi connectivity index (χ0) is 13.2. The van der Waals surface area contributed by atoms with Gasteiger partial charge < -0.3 is 19.9 Å². The van der Waals surface area contributed by atoms with Crippen LogP contribution in [0.2, 0.25) is 0 Å². The van der Waals surface area contributed by atoms with Gasteiger partial charge in [-0.15, -0.1) is 0 Å². The molecule has 1 aromatic rings. The lowest BCUT2D eigenvalue weighted by atomic mass is 9.99. The molecule has 1 aromatic heterocycles. The number of carboxylic acid groups (broad SMARTS) is 1. The third kappa shape index (κ3) is 2.57. The molecule has 0 aromatic carbocycles.